The quantitative estimate of drug-likeness (QED) is 0.489. The molecule has 1 aromatic carbocycles. The maximum atomic E-state index is 11.2. The second-order valence-corrected chi connectivity index (χ2v) is 4.04. The molecular formula is C15H21N3O2. The Morgan fingerprint density at radius 1 is 1.25 bits per heavy atom. The Morgan fingerprint density at radius 2 is 1.85 bits per heavy atom. The monoisotopic (exact) mass is 275 g/mol. The van der Waals surface area contributed by atoms with Crippen molar-refractivity contribution in [3.8, 4) is 0 Å². The van der Waals surface area contributed by atoms with Gasteiger partial charge in [-0.05, 0) is 45.0 Å². The molecule has 0 saturated carbocycles. The lowest BCUT2D eigenvalue weighted by Crippen LogP contribution is -2.13. The molecule has 5 nitrogen and oxygen atoms in total. The van der Waals surface area contributed by atoms with Crippen LogP contribution in [0.4, 0.5) is 16.2 Å². The third-order valence-corrected chi connectivity index (χ3v) is 2.40. The minimum atomic E-state index is -0.447. The van der Waals surface area contributed by atoms with Crippen LogP contribution in [-0.2, 0) is 4.74 Å². The van der Waals surface area contributed by atoms with Crippen LogP contribution in [0.15, 0.2) is 41.4 Å². The largest absolute Gasteiger partial charge is 0.450 e. The first-order valence-corrected chi connectivity index (χ1v) is 6.58. The molecule has 0 aliphatic carbocycles. The van der Waals surface area contributed by atoms with E-state index in [-0.39, 0.29) is 0 Å². The zero-order valence-corrected chi connectivity index (χ0v) is 12.1. The first-order chi connectivity index (χ1) is 9.65. The van der Waals surface area contributed by atoms with Gasteiger partial charge in [-0.2, -0.15) is 0 Å². The van der Waals surface area contributed by atoms with Gasteiger partial charge in [0.15, 0.2) is 0 Å². The number of carbonyl (C=O) groups is 1. The second kappa shape index (κ2) is 8.74. The summed E-state index contributed by atoms with van der Waals surface area (Å²) in [6.07, 6.45) is 3.50. The van der Waals surface area contributed by atoms with Crippen LogP contribution in [-0.4, -0.2) is 25.1 Å². The van der Waals surface area contributed by atoms with E-state index in [4.69, 9.17) is 4.74 Å². The Morgan fingerprint density at radius 3 is 2.40 bits per heavy atom. The number of aliphatic imine (C=N–C) groups is 1. The molecule has 20 heavy (non-hydrogen) atoms. The van der Waals surface area contributed by atoms with Gasteiger partial charge in [0, 0.05) is 11.4 Å². The molecule has 0 fully saturated rings. The minimum Gasteiger partial charge on any atom is -0.450 e. The molecule has 5 heteroatoms. The number of nitrogens with one attached hydrogen (secondary N) is 2. The van der Waals surface area contributed by atoms with Gasteiger partial charge in [-0.3, -0.25) is 10.3 Å². The van der Waals surface area contributed by atoms with Crippen LogP contribution < -0.4 is 10.6 Å². The van der Waals surface area contributed by atoms with E-state index in [9.17, 15) is 4.79 Å². The van der Waals surface area contributed by atoms with Crippen LogP contribution in [0, 0.1) is 0 Å². The molecule has 0 bridgehead atoms. The molecule has 0 spiro atoms. The lowest BCUT2D eigenvalue weighted by atomic mass is 10.3. The summed E-state index contributed by atoms with van der Waals surface area (Å²) in [5.74, 6) is 0.842. The third kappa shape index (κ3) is 6.04. The van der Waals surface area contributed by atoms with Crippen molar-refractivity contribution in [2.75, 3.05) is 23.8 Å². The first kappa shape index (κ1) is 15.8. The number of amides is 1. The van der Waals surface area contributed by atoms with Crippen LogP contribution in [0.25, 0.3) is 0 Å². The maximum absolute atomic E-state index is 11.2. The molecule has 0 heterocycles. The van der Waals surface area contributed by atoms with Crippen molar-refractivity contribution in [2.24, 2.45) is 4.99 Å². The molecule has 0 unspecified atom stereocenters. The van der Waals surface area contributed by atoms with Gasteiger partial charge in [0.25, 0.3) is 0 Å². The second-order valence-electron chi connectivity index (χ2n) is 4.04. The van der Waals surface area contributed by atoms with Gasteiger partial charge < -0.3 is 10.1 Å². The number of rotatable bonds is 5. The van der Waals surface area contributed by atoms with E-state index in [1.807, 2.05) is 38.1 Å². The number of allylic oxidation sites excluding steroid dienone is 1. The van der Waals surface area contributed by atoms with Gasteiger partial charge in [-0.15, -0.1) is 0 Å². The SMILES string of the molecule is C/C=C/CN=C(C)Nc1ccc(NC(=O)OCC)cc1. The van der Waals surface area contributed by atoms with Gasteiger partial charge in [0.2, 0.25) is 0 Å². The predicted molar refractivity (Wildman–Crippen MR) is 83.5 cm³/mol. The van der Waals surface area contributed by atoms with Crippen molar-refractivity contribution in [1.82, 2.24) is 0 Å². The fourth-order valence-electron chi connectivity index (χ4n) is 1.47. The molecule has 0 atom stereocenters. The van der Waals surface area contributed by atoms with E-state index >= 15 is 0 Å². The lowest BCUT2D eigenvalue weighted by molar-refractivity contribution is 0.168. The van der Waals surface area contributed by atoms with Crippen molar-refractivity contribution in [3.05, 3.63) is 36.4 Å². The summed E-state index contributed by atoms with van der Waals surface area (Å²) >= 11 is 0. The Bertz CT molecular complexity index is 478. The van der Waals surface area contributed by atoms with Crippen LogP contribution >= 0.6 is 0 Å². The molecule has 108 valence electrons. The smallest absolute Gasteiger partial charge is 0.411 e. The number of hydrogen-bond donors (Lipinski definition) is 2. The normalized spacial score (nSPS) is 11.4. The first-order valence-electron chi connectivity index (χ1n) is 6.58. The van der Waals surface area contributed by atoms with Gasteiger partial charge in [-0.1, -0.05) is 12.2 Å². The summed E-state index contributed by atoms with van der Waals surface area (Å²) in [4.78, 5) is 15.6. The van der Waals surface area contributed by atoms with E-state index in [0.717, 1.165) is 11.5 Å². The van der Waals surface area contributed by atoms with Crippen molar-refractivity contribution < 1.29 is 9.53 Å². The summed E-state index contributed by atoms with van der Waals surface area (Å²) in [7, 11) is 0. The third-order valence-electron chi connectivity index (χ3n) is 2.40. The van der Waals surface area contributed by atoms with Crippen LogP contribution in [0.1, 0.15) is 20.8 Å². The summed E-state index contributed by atoms with van der Waals surface area (Å²) in [5, 5.41) is 5.82. The highest BCUT2D eigenvalue weighted by molar-refractivity contribution is 5.94. The molecule has 0 saturated heterocycles. The van der Waals surface area contributed by atoms with E-state index in [2.05, 4.69) is 15.6 Å². The standard InChI is InChI=1S/C15H21N3O2/c1-4-6-11-16-12(3)17-13-7-9-14(10-8-13)18-15(19)20-5-2/h4,6-10H,5,11H2,1-3H3,(H,16,17)(H,18,19)/b6-4+. The molecule has 1 amide bonds. The lowest BCUT2D eigenvalue weighted by Gasteiger charge is -2.08. The highest BCUT2D eigenvalue weighted by atomic mass is 16.5. The topological polar surface area (TPSA) is 62.7 Å². The van der Waals surface area contributed by atoms with Crippen LogP contribution in [0.5, 0.6) is 0 Å². The van der Waals surface area contributed by atoms with Gasteiger partial charge in [0.1, 0.15) is 0 Å². The Labute approximate surface area is 119 Å². The number of ether oxygens (including phenoxy) is 1. The van der Waals surface area contributed by atoms with Crippen molar-refractivity contribution in [2.45, 2.75) is 20.8 Å². The zero-order chi connectivity index (χ0) is 14.8. The zero-order valence-electron chi connectivity index (χ0n) is 12.1. The molecule has 1 rings (SSSR count). The molecule has 0 radical (unpaired) electrons. The van der Waals surface area contributed by atoms with Crippen molar-refractivity contribution in [3.63, 3.8) is 0 Å². The minimum absolute atomic E-state index is 0.355. The summed E-state index contributed by atoms with van der Waals surface area (Å²) in [6, 6.07) is 7.35. The van der Waals surface area contributed by atoms with E-state index in [1.54, 1.807) is 19.1 Å². The molecule has 0 aliphatic heterocycles. The van der Waals surface area contributed by atoms with Gasteiger partial charge in [0.05, 0.1) is 19.0 Å². The Hall–Kier alpha value is -2.30. The average molecular weight is 275 g/mol. The molecule has 0 aromatic heterocycles. The van der Waals surface area contributed by atoms with E-state index < -0.39 is 6.09 Å². The highest BCUT2D eigenvalue weighted by Crippen LogP contribution is 2.13. The average Bonchev–Trinajstić information content (AvgIpc) is 2.41. The fourth-order valence-corrected chi connectivity index (χ4v) is 1.47. The molecular weight excluding hydrogens is 254 g/mol. The van der Waals surface area contributed by atoms with Gasteiger partial charge >= 0.3 is 6.09 Å². The molecule has 2 N–H and O–H groups in total. The van der Waals surface area contributed by atoms with E-state index in [0.29, 0.717) is 18.8 Å². The highest BCUT2D eigenvalue weighted by Gasteiger charge is 2.01. The maximum Gasteiger partial charge on any atom is 0.411 e. The number of benzene rings is 1. The summed E-state index contributed by atoms with van der Waals surface area (Å²) in [5.41, 5.74) is 1.61. The fraction of sp³-hybridized carbons (Fsp3) is 0.333. The summed E-state index contributed by atoms with van der Waals surface area (Å²) < 4.78 is 4.80. The van der Waals surface area contributed by atoms with Gasteiger partial charge in [-0.25, -0.2) is 4.79 Å². The van der Waals surface area contributed by atoms with Crippen molar-refractivity contribution in [1.29, 1.82) is 0 Å². The Kier molecular flexibility index (Phi) is 6.89. The number of carbonyl (C=O) groups excluding carboxylic acids is 1. The van der Waals surface area contributed by atoms with Crippen molar-refractivity contribution >= 4 is 23.3 Å². The van der Waals surface area contributed by atoms with Crippen LogP contribution in [0.3, 0.4) is 0 Å². The molecule has 0 aliphatic rings. The van der Waals surface area contributed by atoms with E-state index in [1.165, 1.54) is 0 Å². The van der Waals surface area contributed by atoms with Crippen LogP contribution in [0.2, 0.25) is 0 Å². The number of anilines is 2. The Balaban J connectivity index is 2.54. The number of amidine groups is 1. The molecule has 1 aromatic rings. The summed E-state index contributed by atoms with van der Waals surface area (Å²) in [6.45, 7) is 6.66. The predicted octanol–water partition coefficient (Wildman–Crippen LogP) is 3.66. The number of hydrogen-bond acceptors (Lipinski definition) is 3. The number of nitrogens with zero attached hydrogens (tertiary/aromatic N) is 1.